The molecule has 2 aromatic rings. The smallest absolute Gasteiger partial charge is 0.414 e. The molecule has 2 aromatic carbocycles. The standard InChI is InChI=1S/C18H20N2O2/c1-13(19)15-7-8-17-16(11-15)9-10-20(17)18(21)22-12-14-5-3-2-4-6-14/h2-8,11,13H,9-10,12,19H2,1H3. The Balaban J connectivity index is 1.69. The summed E-state index contributed by atoms with van der Waals surface area (Å²) >= 11 is 0. The predicted molar refractivity (Wildman–Crippen MR) is 86.7 cm³/mol. The molecule has 1 aliphatic heterocycles. The van der Waals surface area contributed by atoms with Gasteiger partial charge in [0.05, 0.1) is 5.69 Å². The van der Waals surface area contributed by atoms with Crippen LogP contribution in [0.3, 0.4) is 0 Å². The maximum Gasteiger partial charge on any atom is 0.414 e. The minimum atomic E-state index is -0.295. The summed E-state index contributed by atoms with van der Waals surface area (Å²) in [5, 5.41) is 0. The Kier molecular flexibility index (Phi) is 4.11. The van der Waals surface area contributed by atoms with E-state index in [0.29, 0.717) is 13.2 Å². The number of nitrogens with zero attached hydrogens (tertiary/aromatic N) is 1. The topological polar surface area (TPSA) is 55.6 Å². The Labute approximate surface area is 130 Å². The lowest BCUT2D eigenvalue weighted by atomic mass is 10.0. The Bertz CT molecular complexity index is 668. The van der Waals surface area contributed by atoms with Crippen molar-refractivity contribution in [1.29, 1.82) is 0 Å². The molecule has 0 spiro atoms. The van der Waals surface area contributed by atoms with Gasteiger partial charge in [-0.15, -0.1) is 0 Å². The van der Waals surface area contributed by atoms with Crippen LogP contribution in [0.4, 0.5) is 10.5 Å². The average Bonchev–Trinajstić information content (AvgIpc) is 2.96. The quantitative estimate of drug-likeness (QED) is 0.944. The van der Waals surface area contributed by atoms with Gasteiger partial charge in [-0.1, -0.05) is 42.5 Å². The van der Waals surface area contributed by atoms with E-state index < -0.39 is 0 Å². The minimum Gasteiger partial charge on any atom is -0.444 e. The highest BCUT2D eigenvalue weighted by molar-refractivity contribution is 5.90. The van der Waals surface area contributed by atoms with E-state index in [2.05, 4.69) is 6.07 Å². The van der Waals surface area contributed by atoms with Gasteiger partial charge in [-0.25, -0.2) is 4.79 Å². The van der Waals surface area contributed by atoms with Gasteiger partial charge in [0.25, 0.3) is 0 Å². The molecule has 1 unspecified atom stereocenters. The zero-order chi connectivity index (χ0) is 15.5. The zero-order valence-corrected chi connectivity index (χ0v) is 12.7. The molecule has 4 heteroatoms. The highest BCUT2D eigenvalue weighted by Gasteiger charge is 2.26. The zero-order valence-electron chi connectivity index (χ0n) is 12.7. The molecule has 0 saturated carbocycles. The number of amides is 1. The maximum absolute atomic E-state index is 12.3. The van der Waals surface area contributed by atoms with Crippen LogP contribution in [0.5, 0.6) is 0 Å². The largest absolute Gasteiger partial charge is 0.444 e. The van der Waals surface area contributed by atoms with Crippen molar-refractivity contribution in [3.05, 3.63) is 65.2 Å². The van der Waals surface area contributed by atoms with Gasteiger partial charge in [0.15, 0.2) is 0 Å². The number of hydrogen-bond acceptors (Lipinski definition) is 3. The summed E-state index contributed by atoms with van der Waals surface area (Å²) in [6.07, 6.45) is 0.548. The maximum atomic E-state index is 12.3. The monoisotopic (exact) mass is 296 g/mol. The summed E-state index contributed by atoms with van der Waals surface area (Å²) in [7, 11) is 0. The number of ether oxygens (including phenoxy) is 1. The lowest BCUT2D eigenvalue weighted by molar-refractivity contribution is 0.147. The van der Waals surface area contributed by atoms with Crippen molar-refractivity contribution in [2.75, 3.05) is 11.4 Å². The molecule has 22 heavy (non-hydrogen) atoms. The second-order valence-corrected chi connectivity index (χ2v) is 5.62. The van der Waals surface area contributed by atoms with Gasteiger partial charge in [-0.2, -0.15) is 0 Å². The fourth-order valence-electron chi connectivity index (χ4n) is 2.69. The molecule has 3 rings (SSSR count). The van der Waals surface area contributed by atoms with E-state index >= 15 is 0 Å². The number of rotatable bonds is 3. The highest BCUT2D eigenvalue weighted by Crippen LogP contribution is 2.30. The number of carbonyl (C=O) groups is 1. The van der Waals surface area contributed by atoms with Crippen molar-refractivity contribution < 1.29 is 9.53 Å². The van der Waals surface area contributed by atoms with Gasteiger partial charge in [-0.3, -0.25) is 4.90 Å². The fourth-order valence-corrected chi connectivity index (χ4v) is 2.69. The molecule has 0 bridgehead atoms. The first kappa shape index (κ1) is 14.6. The molecule has 0 aromatic heterocycles. The lowest BCUT2D eigenvalue weighted by Gasteiger charge is -2.17. The molecular weight excluding hydrogens is 276 g/mol. The summed E-state index contributed by atoms with van der Waals surface area (Å²) in [4.78, 5) is 14.0. The van der Waals surface area contributed by atoms with Crippen LogP contribution < -0.4 is 10.6 Å². The van der Waals surface area contributed by atoms with Crippen molar-refractivity contribution in [3.8, 4) is 0 Å². The first-order chi connectivity index (χ1) is 10.6. The Morgan fingerprint density at radius 2 is 2.05 bits per heavy atom. The third kappa shape index (κ3) is 2.97. The summed E-state index contributed by atoms with van der Waals surface area (Å²) in [5.74, 6) is 0. The molecule has 4 nitrogen and oxygen atoms in total. The first-order valence-electron chi connectivity index (χ1n) is 7.52. The van der Waals surface area contributed by atoms with E-state index in [-0.39, 0.29) is 12.1 Å². The molecule has 0 saturated heterocycles. The molecule has 0 fully saturated rings. The SMILES string of the molecule is CC(N)c1ccc2c(c1)CCN2C(=O)OCc1ccccc1. The van der Waals surface area contributed by atoms with Crippen molar-refractivity contribution in [2.45, 2.75) is 26.0 Å². The van der Waals surface area contributed by atoms with Gasteiger partial charge >= 0.3 is 6.09 Å². The number of hydrogen-bond donors (Lipinski definition) is 1. The van der Waals surface area contributed by atoms with E-state index in [1.54, 1.807) is 4.90 Å². The van der Waals surface area contributed by atoms with Gasteiger partial charge in [-0.05, 0) is 36.1 Å². The number of fused-ring (bicyclic) bond motifs is 1. The van der Waals surface area contributed by atoms with Gasteiger partial charge in [0.1, 0.15) is 6.61 Å². The molecule has 0 radical (unpaired) electrons. The van der Waals surface area contributed by atoms with Crippen molar-refractivity contribution in [1.82, 2.24) is 0 Å². The molecule has 2 N–H and O–H groups in total. The summed E-state index contributed by atoms with van der Waals surface area (Å²) in [5.41, 5.74) is 10.1. The van der Waals surface area contributed by atoms with Crippen LogP contribution >= 0.6 is 0 Å². The van der Waals surface area contributed by atoms with Crippen molar-refractivity contribution in [2.24, 2.45) is 5.73 Å². The van der Waals surface area contributed by atoms with Crippen LogP contribution in [-0.2, 0) is 17.8 Å². The third-order valence-electron chi connectivity index (χ3n) is 3.95. The second kappa shape index (κ2) is 6.20. The van der Waals surface area contributed by atoms with E-state index in [4.69, 9.17) is 10.5 Å². The van der Waals surface area contributed by atoms with Gasteiger partial charge in [0, 0.05) is 12.6 Å². The van der Waals surface area contributed by atoms with Crippen LogP contribution in [0.15, 0.2) is 48.5 Å². The summed E-state index contributed by atoms with van der Waals surface area (Å²) in [6, 6.07) is 15.7. The molecule has 1 heterocycles. The molecule has 1 atom stereocenters. The van der Waals surface area contributed by atoms with E-state index in [9.17, 15) is 4.79 Å². The Hall–Kier alpha value is -2.33. The normalized spacial score (nSPS) is 14.5. The van der Waals surface area contributed by atoms with Crippen LogP contribution in [0.25, 0.3) is 0 Å². The summed E-state index contributed by atoms with van der Waals surface area (Å²) < 4.78 is 5.41. The molecule has 1 aliphatic rings. The van der Waals surface area contributed by atoms with E-state index in [1.165, 1.54) is 0 Å². The van der Waals surface area contributed by atoms with Crippen molar-refractivity contribution >= 4 is 11.8 Å². The number of nitrogens with two attached hydrogens (primary N) is 1. The number of carbonyl (C=O) groups excluding carboxylic acids is 1. The van der Waals surface area contributed by atoms with E-state index in [0.717, 1.165) is 28.8 Å². The number of anilines is 1. The van der Waals surface area contributed by atoms with Crippen LogP contribution in [0.2, 0.25) is 0 Å². The van der Waals surface area contributed by atoms with Gasteiger partial charge in [0.2, 0.25) is 0 Å². The fraction of sp³-hybridized carbons (Fsp3) is 0.278. The van der Waals surface area contributed by atoms with Crippen molar-refractivity contribution in [3.63, 3.8) is 0 Å². The van der Waals surface area contributed by atoms with Crippen LogP contribution in [0.1, 0.15) is 29.7 Å². The molecule has 114 valence electrons. The Morgan fingerprint density at radius 1 is 1.27 bits per heavy atom. The Morgan fingerprint density at radius 3 is 2.77 bits per heavy atom. The summed E-state index contributed by atoms with van der Waals surface area (Å²) in [6.45, 7) is 2.91. The average molecular weight is 296 g/mol. The van der Waals surface area contributed by atoms with Crippen LogP contribution in [-0.4, -0.2) is 12.6 Å². The van der Waals surface area contributed by atoms with E-state index in [1.807, 2.05) is 49.4 Å². The molecule has 0 aliphatic carbocycles. The predicted octanol–water partition coefficient (Wildman–Crippen LogP) is 3.41. The van der Waals surface area contributed by atoms with Crippen LogP contribution in [0, 0.1) is 0 Å². The second-order valence-electron chi connectivity index (χ2n) is 5.62. The third-order valence-corrected chi connectivity index (χ3v) is 3.95. The highest BCUT2D eigenvalue weighted by atomic mass is 16.6. The lowest BCUT2D eigenvalue weighted by Crippen LogP contribution is -2.29. The van der Waals surface area contributed by atoms with Gasteiger partial charge < -0.3 is 10.5 Å². The minimum absolute atomic E-state index is 0.00406. The molecular formula is C18H20N2O2. The number of benzene rings is 2. The first-order valence-corrected chi connectivity index (χ1v) is 7.52. The molecule has 1 amide bonds.